The number of benzene rings is 9. The summed E-state index contributed by atoms with van der Waals surface area (Å²) in [4.78, 5) is 0. The maximum Gasteiger partial charge on any atom is 0.143 e. The number of hydrogen-bond donors (Lipinski definition) is 0. The summed E-state index contributed by atoms with van der Waals surface area (Å²) in [6.07, 6.45) is 0. The van der Waals surface area contributed by atoms with Crippen LogP contribution >= 0.6 is 0 Å². The Morgan fingerprint density at radius 1 is 0.383 bits per heavy atom. The molecule has 47 heavy (non-hydrogen) atoms. The molecule has 0 saturated heterocycles. The van der Waals surface area contributed by atoms with Crippen molar-refractivity contribution in [1.29, 1.82) is 0 Å². The van der Waals surface area contributed by atoms with Gasteiger partial charge in [0.25, 0.3) is 0 Å². The SMILES string of the molecule is [2H]c1c([2H])c([2H])c2c(-c3c4ccccc4c(-c4c([2H])c([2H])c5c(oc6c7c([2H])c([2H])c([2H])c([2H])c7c([2H])c([2H])c65)c4[2H])c4ccccc34)c([2H])c(-c3ccccc3)c([2H])c2c1[2H]. The summed E-state index contributed by atoms with van der Waals surface area (Å²) in [5, 5.41) is 1.11. The van der Waals surface area contributed by atoms with Crippen LogP contribution in [0.5, 0.6) is 0 Å². The topological polar surface area (TPSA) is 13.1 Å². The zero-order valence-corrected chi connectivity index (χ0v) is 24.4. The van der Waals surface area contributed by atoms with Gasteiger partial charge in [-0.25, -0.2) is 0 Å². The Labute approximate surface area is 293 Å². The third-order valence-corrected chi connectivity index (χ3v) is 8.62. The normalized spacial score (nSPS) is 16.3. The number of furan rings is 1. The number of fused-ring (bicyclic) bond motifs is 8. The molecule has 1 heteroatoms. The van der Waals surface area contributed by atoms with Gasteiger partial charge in [-0.15, -0.1) is 0 Å². The van der Waals surface area contributed by atoms with Gasteiger partial charge in [-0.05, 0) is 101 Å². The highest BCUT2D eigenvalue weighted by molar-refractivity contribution is 6.24. The quantitative estimate of drug-likeness (QED) is 0.181. The highest BCUT2D eigenvalue weighted by Crippen LogP contribution is 2.47. The average Bonchev–Trinajstić information content (AvgIpc) is 3.68. The zero-order valence-electron chi connectivity index (χ0n) is 39.4. The van der Waals surface area contributed by atoms with Crippen LogP contribution in [0, 0.1) is 0 Å². The third kappa shape index (κ3) is 3.97. The molecule has 10 aromatic rings. The van der Waals surface area contributed by atoms with E-state index in [1.165, 1.54) is 0 Å². The Morgan fingerprint density at radius 3 is 1.74 bits per heavy atom. The van der Waals surface area contributed by atoms with Crippen molar-refractivity contribution in [3.05, 3.63) is 169 Å². The first kappa shape index (κ1) is 15.4. The van der Waals surface area contributed by atoms with E-state index in [0.717, 1.165) is 0 Å². The summed E-state index contributed by atoms with van der Waals surface area (Å²) in [6.45, 7) is 0. The predicted octanol–water partition coefficient (Wildman–Crippen LogP) is 13.2. The van der Waals surface area contributed by atoms with Crippen molar-refractivity contribution in [1.82, 2.24) is 0 Å². The van der Waals surface area contributed by atoms with Gasteiger partial charge in [0.1, 0.15) is 11.2 Å². The van der Waals surface area contributed by atoms with E-state index in [1.807, 2.05) is 0 Å². The first-order chi connectivity index (χ1) is 29.6. The molecule has 1 heterocycles. The van der Waals surface area contributed by atoms with E-state index >= 15 is 0 Å². The predicted molar refractivity (Wildman–Crippen MR) is 200 cm³/mol. The van der Waals surface area contributed by atoms with Gasteiger partial charge in [0.2, 0.25) is 0 Å². The maximum atomic E-state index is 9.84. The molecule has 0 aliphatic rings. The molecule has 0 radical (unpaired) electrons. The smallest absolute Gasteiger partial charge is 0.143 e. The highest BCUT2D eigenvalue weighted by Gasteiger charge is 2.20. The molecule has 1 aromatic heterocycles. The van der Waals surface area contributed by atoms with Gasteiger partial charge in [-0.2, -0.15) is 0 Å². The average molecular weight is 612 g/mol. The first-order valence-electron chi connectivity index (χ1n) is 22.5. The Bertz CT molecular complexity index is 3630. The molecule has 1 nitrogen and oxygen atoms in total. The largest absolute Gasteiger partial charge is 0.455 e. The molecule has 0 aliphatic heterocycles. The standard InChI is InChI=1S/C46H28O/c1-2-12-29(13-3-1)33-26-31-15-5-6-16-34(31)42(27-33)45-39-20-10-8-18-37(39)44(38-19-9-11-21-40(38)45)32-23-24-36-41-25-22-30-14-4-7-17-35(30)46(41)47-43(36)28-32/h1-28H/i4D,5D,6D,7D,14D,15D,16D,17D,22D,23D,24D,25D,26D,27D,28D. The van der Waals surface area contributed by atoms with Gasteiger partial charge in [-0.1, -0.05) is 139 Å². The van der Waals surface area contributed by atoms with Crippen LogP contribution in [-0.2, 0) is 0 Å². The monoisotopic (exact) mass is 611 g/mol. The lowest BCUT2D eigenvalue weighted by atomic mass is 9.83. The van der Waals surface area contributed by atoms with Crippen LogP contribution in [0.2, 0.25) is 0 Å². The van der Waals surface area contributed by atoms with Gasteiger partial charge in [0.05, 0.1) is 20.6 Å². The van der Waals surface area contributed by atoms with Crippen molar-refractivity contribution >= 4 is 65.0 Å². The van der Waals surface area contributed by atoms with Crippen LogP contribution in [0.4, 0.5) is 0 Å². The van der Waals surface area contributed by atoms with Crippen LogP contribution in [0.25, 0.3) is 98.4 Å². The Hall–Kier alpha value is -6.18. The lowest BCUT2D eigenvalue weighted by Crippen LogP contribution is -1.92. The number of rotatable bonds is 3. The third-order valence-electron chi connectivity index (χ3n) is 8.62. The van der Waals surface area contributed by atoms with Crippen LogP contribution in [0.15, 0.2) is 174 Å². The molecule has 0 N–H and O–H groups in total. The Balaban J connectivity index is 1.39. The van der Waals surface area contributed by atoms with Crippen LogP contribution in [0.1, 0.15) is 20.6 Å². The molecule has 0 aliphatic carbocycles. The molecular weight excluding hydrogens is 569 g/mol. The highest BCUT2D eigenvalue weighted by atomic mass is 16.3. The molecule has 9 aromatic carbocycles. The van der Waals surface area contributed by atoms with Crippen molar-refractivity contribution < 1.29 is 25.0 Å². The van der Waals surface area contributed by atoms with E-state index in [9.17, 15) is 8.22 Å². The second-order valence-corrected chi connectivity index (χ2v) is 11.2. The summed E-state index contributed by atoms with van der Waals surface area (Å²) in [5.41, 5.74) is 1.09. The summed E-state index contributed by atoms with van der Waals surface area (Å²) >= 11 is 0. The molecule has 10 rings (SSSR count). The minimum absolute atomic E-state index is 0.0154. The van der Waals surface area contributed by atoms with Gasteiger partial charge in [-0.3, -0.25) is 0 Å². The fourth-order valence-electron chi connectivity index (χ4n) is 6.57. The minimum atomic E-state index is -0.594. The summed E-state index contributed by atoms with van der Waals surface area (Å²) in [6, 6.07) is 16.1. The second-order valence-electron chi connectivity index (χ2n) is 11.2. The van der Waals surface area contributed by atoms with E-state index in [4.69, 9.17) is 16.8 Å². The lowest BCUT2D eigenvalue weighted by Gasteiger charge is -2.19. The summed E-state index contributed by atoms with van der Waals surface area (Å²) < 4.78 is 141. The molecule has 0 unspecified atom stereocenters. The maximum absolute atomic E-state index is 9.84. The molecule has 0 bridgehead atoms. The van der Waals surface area contributed by atoms with Gasteiger partial charge >= 0.3 is 0 Å². The molecule has 0 atom stereocenters. The van der Waals surface area contributed by atoms with E-state index in [0.29, 0.717) is 38.2 Å². The Morgan fingerprint density at radius 2 is 1.00 bits per heavy atom. The van der Waals surface area contributed by atoms with Crippen LogP contribution < -0.4 is 0 Å². The van der Waals surface area contributed by atoms with Crippen molar-refractivity contribution in [3.63, 3.8) is 0 Å². The van der Waals surface area contributed by atoms with E-state index in [1.54, 1.807) is 78.9 Å². The fraction of sp³-hybridized carbons (Fsp3) is 0. The molecular formula is C46H28O. The van der Waals surface area contributed by atoms with Crippen LogP contribution in [-0.4, -0.2) is 0 Å². The molecule has 0 saturated carbocycles. The zero-order chi connectivity index (χ0) is 44.0. The van der Waals surface area contributed by atoms with E-state index < -0.39 is 72.5 Å². The van der Waals surface area contributed by atoms with Gasteiger partial charge in [0.15, 0.2) is 0 Å². The van der Waals surface area contributed by atoms with Gasteiger partial charge in [0, 0.05) is 16.2 Å². The molecule has 0 fully saturated rings. The molecule has 0 spiro atoms. The van der Waals surface area contributed by atoms with Crippen molar-refractivity contribution in [3.8, 4) is 33.4 Å². The van der Waals surface area contributed by atoms with Crippen LogP contribution in [0.3, 0.4) is 0 Å². The van der Waals surface area contributed by atoms with Gasteiger partial charge < -0.3 is 4.42 Å². The lowest BCUT2D eigenvalue weighted by molar-refractivity contribution is 0.673. The molecule has 218 valence electrons. The second kappa shape index (κ2) is 10.2. The fourth-order valence-corrected chi connectivity index (χ4v) is 6.57. The van der Waals surface area contributed by atoms with E-state index in [-0.39, 0.29) is 78.3 Å². The Kier molecular flexibility index (Phi) is 3.33. The van der Waals surface area contributed by atoms with Crippen molar-refractivity contribution in [2.75, 3.05) is 0 Å². The van der Waals surface area contributed by atoms with E-state index in [2.05, 4.69) is 0 Å². The van der Waals surface area contributed by atoms with Crippen molar-refractivity contribution in [2.24, 2.45) is 0 Å². The summed E-state index contributed by atoms with van der Waals surface area (Å²) in [7, 11) is 0. The molecule has 0 amide bonds. The number of hydrogen-bond acceptors (Lipinski definition) is 1. The minimum Gasteiger partial charge on any atom is -0.455 e. The summed E-state index contributed by atoms with van der Waals surface area (Å²) in [5.74, 6) is 0. The van der Waals surface area contributed by atoms with Crippen molar-refractivity contribution in [2.45, 2.75) is 0 Å². The first-order valence-corrected chi connectivity index (χ1v) is 15.0.